The van der Waals surface area contributed by atoms with E-state index in [1.165, 1.54) is 38.5 Å². The highest BCUT2D eigenvalue weighted by atomic mass is 35.5. The fourth-order valence-corrected chi connectivity index (χ4v) is 6.50. The van der Waals surface area contributed by atoms with Crippen molar-refractivity contribution in [3.8, 4) is 0 Å². The molecular weight excluding hydrogens is 390 g/mol. The first-order valence-corrected chi connectivity index (χ1v) is 12.0. The minimum Gasteiger partial charge on any atom is -0.355 e. The quantitative estimate of drug-likeness (QED) is 0.367. The maximum Gasteiger partial charge on any atom is 0.239 e. The molecule has 0 unspecified atom stereocenters. The van der Waals surface area contributed by atoms with Gasteiger partial charge in [0.1, 0.15) is 5.21 Å². The summed E-state index contributed by atoms with van der Waals surface area (Å²) < 4.78 is 24.6. The van der Waals surface area contributed by atoms with Crippen LogP contribution in [0.4, 0.5) is 0 Å². The number of carbonyl (C=O) groups excluding carboxylic acids is 2. The van der Waals surface area contributed by atoms with Crippen LogP contribution in [0, 0.1) is 23.2 Å². The number of hydrogen-bond acceptors (Lipinski definition) is 4. The van der Waals surface area contributed by atoms with E-state index in [0.717, 1.165) is 17.8 Å². The van der Waals surface area contributed by atoms with Crippen LogP contribution in [-0.4, -0.2) is 45.1 Å². The monoisotopic (exact) mass is 419 g/mol. The third kappa shape index (κ3) is 5.81. The van der Waals surface area contributed by atoms with Crippen molar-refractivity contribution in [1.29, 1.82) is 0 Å². The normalized spacial score (nSPS) is 31.7. The van der Waals surface area contributed by atoms with Crippen LogP contribution in [0.15, 0.2) is 0 Å². The zero-order chi connectivity index (χ0) is 19.5. The molecule has 4 aliphatic carbocycles. The molecule has 4 fully saturated rings. The number of amides is 2. The van der Waals surface area contributed by atoms with Crippen LogP contribution < -0.4 is 15.4 Å². The Hall–Kier alpha value is -0.860. The summed E-state index contributed by atoms with van der Waals surface area (Å²) in [5.74, 6) is 2.15. The molecule has 0 radical (unpaired) electrons. The third-order valence-corrected chi connectivity index (χ3v) is 8.08. The molecule has 0 saturated heterocycles. The fourth-order valence-electron chi connectivity index (χ4n) is 5.73. The Labute approximate surface area is 166 Å². The molecule has 0 aliphatic heterocycles. The lowest BCUT2D eigenvalue weighted by molar-refractivity contribution is -0.131. The Morgan fingerprint density at radius 1 is 0.926 bits per heavy atom. The molecule has 0 atom stereocenters. The summed E-state index contributed by atoms with van der Waals surface area (Å²) >= 11 is 5.28. The maximum atomic E-state index is 12.4. The van der Waals surface area contributed by atoms with E-state index in [2.05, 4.69) is 15.4 Å². The SMILES string of the molecule is O=C(CNC(=O)CC12CC3CC(CC(C3)C1)C2)NCCCNS(=O)(=O)CCl. The third-order valence-electron chi connectivity index (χ3n) is 6.29. The van der Waals surface area contributed by atoms with Gasteiger partial charge in [0.25, 0.3) is 0 Å². The molecule has 0 aromatic rings. The molecule has 4 rings (SSSR count). The first-order valence-electron chi connectivity index (χ1n) is 9.86. The second-order valence-electron chi connectivity index (χ2n) is 8.69. The predicted molar refractivity (Wildman–Crippen MR) is 104 cm³/mol. The first kappa shape index (κ1) is 20.9. The van der Waals surface area contributed by atoms with E-state index in [0.29, 0.717) is 19.4 Å². The molecule has 7 nitrogen and oxygen atoms in total. The summed E-state index contributed by atoms with van der Waals surface area (Å²) in [7, 11) is -3.42. The van der Waals surface area contributed by atoms with Gasteiger partial charge in [-0.25, -0.2) is 13.1 Å². The molecule has 2 amide bonds. The molecule has 0 aromatic heterocycles. The number of alkyl halides is 1. The molecule has 0 heterocycles. The molecule has 3 N–H and O–H groups in total. The first-order chi connectivity index (χ1) is 12.8. The summed E-state index contributed by atoms with van der Waals surface area (Å²) in [5, 5.41) is 4.96. The fraction of sp³-hybridized carbons (Fsp3) is 0.889. The van der Waals surface area contributed by atoms with E-state index in [9.17, 15) is 18.0 Å². The standard InChI is InChI=1S/C18H30ClN3O4S/c19-12-27(25,26)22-3-1-2-20-17(24)11-21-16(23)10-18-7-13-4-14(8-18)6-15(5-13)9-18/h13-15,22H,1-12H2,(H,20,24)(H,21,23). The summed E-state index contributed by atoms with van der Waals surface area (Å²) in [6, 6.07) is 0. The van der Waals surface area contributed by atoms with Crippen LogP contribution in [0.3, 0.4) is 0 Å². The highest BCUT2D eigenvalue weighted by molar-refractivity contribution is 7.90. The van der Waals surface area contributed by atoms with Gasteiger partial charge >= 0.3 is 0 Å². The number of sulfonamides is 1. The summed E-state index contributed by atoms with van der Waals surface area (Å²) in [4.78, 5) is 24.2. The lowest BCUT2D eigenvalue weighted by atomic mass is 9.49. The van der Waals surface area contributed by atoms with E-state index in [1.807, 2.05) is 0 Å². The van der Waals surface area contributed by atoms with Gasteiger partial charge in [0.15, 0.2) is 0 Å². The molecule has 0 spiro atoms. The highest BCUT2D eigenvalue weighted by Gasteiger charge is 2.51. The molecule has 0 aromatic carbocycles. The molecule has 4 saturated carbocycles. The number of carbonyl (C=O) groups is 2. The second-order valence-corrected chi connectivity index (χ2v) is 11.1. The van der Waals surface area contributed by atoms with Gasteiger partial charge in [-0.15, -0.1) is 11.6 Å². The summed E-state index contributed by atoms with van der Waals surface area (Å²) in [5.41, 5.74) is 0.175. The summed E-state index contributed by atoms with van der Waals surface area (Å²) in [6.45, 7) is 0.529. The van der Waals surface area contributed by atoms with Crippen LogP contribution >= 0.6 is 11.6 Å². The van der Waals surface area contributed by atoms with Crippen molar-refractivity contribution in [1.82, 2.24) is 15.4 Å². The van der Waals surface area contributed by atoms with Crippen molar-refractivity contribution in [3.63, 3.8) is 0 Å². The van der Waals surface area contributed by atoms with Gasteiger partial charge in [-0.1, -0.05) is 0 Å². The maximum absolute atomic E-state index is 12.4. The van der Waals surface area contributed by atoms with Crippen molar-refractivity contribution in [2.75, 3.05) is 24.8 Å². The number of rotatable bonds is 10. The average molecular weight is 420 g/mol. The highest BCUT2D eigenvalue weighted by Crippen LogP contribution is 2.61. The van der Waals surface area contributed by atoms with E-state index in [1.54, 1.807) is 0 Å². The van der Waals surface area contributed by atoms with Gasteiger partial charge in [0.05, 0.1) is 6.54 Å². The minimum atomic E-state index is -3.42. The lowest BCUT2D eigenvalue weighted by Gasteiger charge is -2.56. The van der Waals surface area contributed by atoms with E-state index >= 15 is 0 Å². The average Bonchev–Trinajstić information content (AvgIpc) is 2.58. The van der Waals surface area contributed by atoms with Crippen LogP contribution in [0.25, 0.3) is 0 Å². The predicted octanol–water partition coefficient (Wildman–Crippen LogP) is 1.33. The topological polar surface area (TPSA) is 104 Å². The molecular formula is C18H30ClN3O4S. The van der Waals surface area contributed by atoms with Crippen LogP contribution in [0.5, 0.6) is 0 Å². The van der Waals surface area contributed by atoms with Gasteiger partial charge < -0.3 is 10.6 Å². The molecule has 154 valence electrons. The Morgan fingerprint density at radius 2 is 1.52 bits per heavy atom. The molecule has 4 bridgehead atoms. The van der Waals surface area contributed by atoms with Crippen LogP contribution in [0.1, 0.15) is 51.4 Å². The smallest absolute Gasteiger partial charge is 0.239 e. The van der Waals surface area contributed by atoms with E-state index in [4.69, 9.17) is 11.6 Å². The largest absolute Gasteiger partial charge is 0.355 e. The van der Waals surface area contributed by atoms with E-state index < -0.39 is 15.2 Å². The van der Waals surface area contributed by atoms with Crippen LogP contribution in [0.2, 0.25) is 0 Å². The van der Waals surface area contributed by atoms with Crippen LogP contribution in [-0.2, 0) is 19.6 Å². The van der Waals surface area contributed by atoms with Gasteiger partial charge in [-0.2, -0.15) is 0 Å². The zero-order valence-electron chi connectivity index (χ0n) is 15.6. The van der Waals surface area contributed by atoms with Crippen molar-refractivity contribution in [2.45, 2.75) is 51.4 Å². The number of halogens is 1. The zero-order valence-corrected chi connectivity index (χ0v) is 17.2. The Bertz CT molecular complexity index is 632. The van der Waals surface area contributed by atoms with Gasteiger partial charge in [-0.3, -0.25) is 9.59 Å². The molecule has 9 heteroatoms. The molecule has 4 aliphatic rings. The summed E-state index contributed by atoms with van der Waals surface area (Å²) in [6.07, 6.45) is 8.59. The second kappa shape index (κ2) is 8.66. The van der Waals surface area contributed by atoms with Crippen molar-refractivity contribution in [2.24, 2.45) is 23.2 Å². The van der Waals surface area contributed by atoms with Crippen molar-refractivity contribution >= 4 is 33.4 Å². The lowest BCUT2D eigenvalue weighted by Crippen LogP contribution is -2.48. The van der Waals surface area contributed by atoms with Crippen molar-refractivity contribution < 1.29 is 18.0 Å². The van der Waals surface area contributed by atoms with Gasteiger partial charge in [0.2, 0.25) is 21.8 Å². The van der Waals surface area contributed by atoms with Crippen molar-refractivity contribution in [3.05, 3.63) is 0 Å². The Balaban J connectivity index is 1.31. The van der Waals surface area contributed by atoms with E-state index in [-0.39, 0.29) is 30.3 Å². The van der Waals surface area contributed by atoms with Gasteiger partial charge in [0, 0.05) is 19.5 Å². The number of hydrogen-bond donors (Lipinski definition) is 3. The minimum absolute atomic E-state index is 0.0260. The number of nitrogens with one attached hydrogen (secondary N) is 3. The van der Waals surface area contributed by atoms with Gasteiger partial charge in [-0.05, 0) is 68.1 Å². The molecule has 27 heavy (non-hydrogen) atoms. The Morgan fingerprint density at radius 3 is 2.07 bits per heavy atom. The Kier molecular flexibility index (Phi) is 6.69.